The predicted molar refractivity (Wildman–Crippen MR) is 81.7 cm³/mol. The summed E-state index contributed by atoms with van der Waals surface area (Å²) in [6, 6.07) is 7.65. The normalized spacial score (nSPS) is 11.6. The Balaban J connectivity index is 2.16. The molecule has 0 aliphatic carbocycles. The first-order chi connectivity index (χ1) is 10.0. The van der Waals surface area contributed by atoms with Crippen LogP contribution in [-0.4, -0.2) is 24.4 Å². The zero-order valence-electron chi connectivity index (χ0n) is 12.2. The van der Waals surface area contributed by atoms with Crippen molar-refractivity contribution < 1.29 is 17.9 Å². The number of thioether (sulfide) groups is 1. The molecule has 1 N–H and O–H groups in total. The summed E-state index contributed by atoms with van der Waals surface area (Å²) in [5.41, 5.74) is -3.11. The van der Waals surface area contributed by atoms with Crippen molar-refractivity contribution in [3.05, 3.63) is 29.8 Å². The molecule has 0 radical (unpaired) electrons. The monoisotopic (exact) mass is 321 g/mol. The van der Waals surface area contributed by atoms with Crippen LogP contribution in [0.2, 0.25) is 0 Å². The first kappa shape index (κ1) is 18.2. The second kappa shape index (κ2) is 9.95. The SMILES string of the molecule is CCCCCOc1ccc(CNCCSC(F)(F)F)cc1. The van der Waals surface area contributed by atoms with E-state index in [1.807, 2.05) is 24.3 Å². The van der Waals surface area contributed by atoms with E-state index in [0.29, 0.717) is 13.1 Å². The van der Waals surface area contributed by atoms with Gasteiger partial charge in [-0.3, -0.25) is 0 Å². The predicted octanol–water partition coefficient (Wildman–Crippen LogP) is 4.60. The maximum atomic E-state index is 11.9. The van der Waals surface area contributed by atoms with Gasteiger partial charge in [0, 0.05) is 18.8 Å². The molecule has 1 aromatic carbocycles. The first-order valence-corrected chi connectivity index (χ1v) is 8.13. The minimum atomic E-state index is -4.14. The van der Waals surface area contributed by atoms with Crippen LogP contribution >= 0.6 is 11.8 Å². The zero-order chi connectivity index (χ0) is 15.6. The molecule has 1 rings (SSSR count). The van der Waals surface area contributed by atoms with Crippen molar-refractivity contribution in [1.82, 2.24) is 5.32 Å². The smallest absolute Gasteiger partial charge is 0.441 e. The van der Waals surface area contributed by atoms with Crippen molar-refractivity contribution >= 4 is 11.8 Å². The quantitative estimate of drug-likeness (QED) is 0.637. The maximum Gasteiger partial charge on any atom is 0.441 e. The van der Waals surface area contributed by atoms with E-state index in [2.05, 4.69) is 12.2 Å². The van der Waals surface area contributed by atoms with E-state index in [1.165, 1.54) is 6.42 Å². The number of halogens is 3. The molecule has 0 spiro atoms. The van der Waals surface area contributed by atoms with Gasteiger partial charge in [-0.1, -0.05) is 31.9 Å². The van der Waals surface area contributed by atoms with Crippen molar-refractivity contribution in [2.24, 2.45) is 0 Å². The molecule has 0 saturated carbocycles. The van der Waals surface area contributed by atoms with Gasteiger partial charge in [-0.2, -0.15) is 13.2 Å². The Morgan fingerprint density at radius 3 is 2.48 bits per heavy atom. The van der Waals surface area contributed by atoms with Gasteiger partial charge in [0.25, 0.3) is 0 Å². The molecule has 0 saturated heterocycles. The van der Waals surface area contributed by atoms with Crippen LogP contribution in [0.15, 0.2) is 24.3 Å². The third-order valence-electron chi connectivity index (χ3n) is 2.81. The van der Waals surface area contributed by atoms with Gasteiger partial charge in [-0.05, 0) is 35.9 Å². The van der Waals surface area contributed by atoms with Crippen LogP contribution < -0.4 is 10.1 Å². The summed E-state index contributed by atoms with van der Waals surface area (Å²) in [6.07, 6.45) is 3.38. The van der Waals surface area contributed by atoms with E-state index in [0.717, 1.165) is 30.8 Å². The molecule has 120 valence electrons. The average Bonchev–Trinajstić information content (AvgIpc) is 2.43. The van der Waals surface area contributed by atoms with Crippen LogP contribution in [0.25, 0.3) is 0 Å². The molecule has 2 nitrogen and oxygen atoms in total. The molecule has 21 heavy (non-hydrogen) atoms. The second-order valence-corrected chi connectivity index (χ2v) is 5.83. The first-order valence-electron chi connectivity index (χ1n) is 7.14. The number of unbranched alkanes of at least 4 members (excludes halogenated alkanes) is 2. The number of alkyl halides is 3. The van der Waals surface area contributed by atoms with E-state index in [4.69, 9.17) is 4.74 Å². The Kier molecular flexibility index (Phi) is 8.61. The zero-order valence-corrected chi connectivity index (χ0v) is 13.0. The van der Waals surface area contributed by atoms with E-state index < -0.39 is 5.51 Å². The van der Waals surface area contributed by atoms with Gasteiger partial charge >= 0.3 is 5.51 Å². The van der Waals surface area contributed by atoms with Crippen molar-refractivity contribution in [3.63, 3.8) is 0 Å². The highest BCUT2D eigenvalue weighted by Gasteiger charge is 2.27. The van der Waals surface area contributed by atoms with Gasteiger partial charge in [-0.25, -0.2) is 0 Å². The Morgan fingerprint density at radius 2 is 1.86 bits per heavy atom. The molecular weight excluding hydrogens is 299 g/mol. The molecule has 0 aromatic heterocycles. The number of hydrogen-bond donors (Lipinski definition) is 1. The Bertz CT molecular complexity index is 382. The second-order valence-electron chi connectivity index (χ2n) is 4.67. The highest BCUT2D eigenvalue weighted by molar-refractivity contribution is 8.00. The van der Waals surface area contributed by atoms with Gasteiger partial charge in [0.15, 0.2) is 0 Å². The summed E-state index contributed by atoms with van der Waals surface area (Å²) < 4.78 is 41.4. The molecular formula is C15H22F3NOS. The van der Waals surface area contributed by atoms with Crippen molar-refractivity contribution in [3.8, 4) is 5.75 Å². The topological polar surface area (TPSA) is 21.3 Å². The standard InChI is InChI=1S/C15H22F3NOS/c1-2-3-4-10-20-14-7-5-13(6-8-14)12-19-9-11-21-15(16,17)18/h5-8,19H,2-4,9-12H2,1H3. The third-order valence-corrected chi connectivity index (χ3v) is 3.55. The van der Waals surface area contributed by atoms with E-state index >= 15 is 0 Å². The number of hydrogen-bond acceptors (Lipinski definition) is 3. The molecule has 6 heteroatoms. The van der Waals surface area contributed by atoms with Crippen LogP contribution in [0.5, 0.6) is 5.75 Å². The number of ether oxygens (including phenoxy) is 1. The minimum absolute atomic E-state index is 0.00166. The molecule has 0 aliphatic heterocycles. The van der Waals surface area contributed by atoms with Crippen LogP contribution in [0, 0.1) is 0 Å². The lowest BCUT2D eigenvalue weighted by Crippen LogP contribution is -2.18. The molecule has 0 unspecified atom stereocenters. The summed E-state index contributed by atoms with van der Waals surface area (Å²) in [4.78, 5) is 0. The summed E-state index contributed by atoms with van der Waals surface area (Å²) in [7, 11) is 0. The van der Waals surface area contributed by atoms with Crippen molar-refractivity contribution in [2.75, 3.05) is 18.9 Å². The van der Waals surface area contributed by atoms with Crippen molar-refractivity contribution in [1.29, 1.82) is 0 Å². The van der Waals surface area contributed by atoms with Gasteiger partial charge in [-0.15, -0.1) is 0 Å². The molecule has 0 amide bonds. The van der Waals surface area contributed by atoms with Gasteiger partial charge in [0.1, 0.15) is 5.75 Å². The van der Waals surface area contributed by atoms with Crippen LogP contribution in [0.3, 0.4) is 0 Å². The lowest BCUT2D eigenvalue weighted by molar-refractivity contribution is -0.0327. The molecule has 0 fully saturated rings. The summed E-state index contributed by atoms with van der Waals surface area (Å²) in [6.45, 7) is 3.77. The number of rotatable bonds is 10. The molecule has 0 bridgehead atoms. The Morgan fingerprint density at radius 1 is 1.14 bits per heavy atom. The van der Waals surface area contributed by atoms with Crippen molar-refractivity contribution in [2.45, 2.75) is 38.2 Å². The fourth-order valence-corrected chi connectivity index (χ4v) is 2.20. The minimum Gasteiger partial charge on any atom is -0.494 e. The molecule has 0 heterocycles. The number of nitrogens with one attached hydrogen (secondary N) is 1. The Labute approximate surface area is 128 Å². The summed E-state index contributed by atoms with van der Waals surface area (Å²) in [5.74, 6) is 0.866. The summed E-state index contributed by atoms with van der Waals surface area (Å²) in [5, 5.41) is 2.99. The highest BCUT2D eigenvalue weighted by Crippen LogP contribution is 2.29. The van der Waals surface area contributed by atoms with Crippen LogP contribution in [0.1, 0.15) is 31.7 Å². The molecule has 0 aliphatic rings. The van der Waals surface area contributed by atoms with E-state index in [-0.39, 0.29) is 17.5 Å². The Hall–Kier alpha value is -0.880. The fraction of sp³-hybridized carbons (Fsp3) is 0.600. The molecule has 1 aromatic rings. The highest BCUT2D eigenvalue weighted by atomic mass is 32.2. The number of benzene rings is 1. The average molecular weight is 321 g/mol. The van der Waals surface area contributed by atoms with Crippen LogP contribution in [0.4, 0.5) is 13.2 Å². The fourth-order valence-electron chi connectivity index (χ4n) is 1.72. The largest absolute Gasteiger partial charge is 0.494 e. The molecule has 0 atom stereocenters. The van der Waals surface area contributed by atoms with Gasteiger partial charge < -0.3 is 10.1 Å². The van der Waals surface area contributed by atoms with E-state index in [1.54, 1.807) is 0 Å². The van der Waals surface area contributed by atoms with Gasteiger partial charge in [0.2, 0.25) is 0 Å². The lowest BCUT2D eigenvalue weighted by atomic mass is 10.2. The van der Waals surface area contributed by atoms with Crippen LogP contribution in [-0.2, 0) is 6.54 Å². The third kappa shape index (κ3) is 9.63. The lowest BCUT2D eigenvalue weighted by Gasteiger charge is -2.08. The maximum absolute atomic E-state index is 11.9. The van der Waals surface area contributed by atoms with Gasteiger partial charge in [0.05, 0.1) is 6.61 Å². The summed E-state index contributed by atoms with van der Waals surface area (Å²) >= 11 is 0.00166. The van der Waals surface area contributed by atoms with E-state index in [9.17, 15) is 13.2 Å².